The van der Waals surface area contributed by atoms with Crippen molar-refractivity contribution in [3.8, 4) is 0 Å². The Morgan fingerprint density at radius 3 is 2.55 bits per heavy atom. The molecule has 1 aromatic carbocycles. The Hall–Kier alpha value is -1.17. The Bertz CT molecular complexity index is 537. The Morgan fingerprint density at radius 1 is 1.25 bits per heavy atom. The number of nitrogens with zero attached hydrogens (tertiary/aromatic N) is 3. The first-order valence-corrected chi connectivity index (χ1v) is 7.18. The molecule has 0 saturated heterocycles. The molecule has 0 fully saturated rings. The van der Waals surface area contributed by atoms with Gasteiger partial charge in [0.2, 0.25) is 5.91 Å². The predicted octanol–water partition coefficient (Wildman–Crippen LogP) is 3.02. The molecule has 0 aliphatic heterocycles. The van der Waals surface area contributed by atoms with Gasteiger partial charge in [-0.1, -0.05) is 23.5 Å². The zero-order chi connectivity index (χ0) is 13.8. The lowest BCUT2D eigenvalue weighted by Crippen LogP contribution is -2.31. The zero-order valence-electron chi connectivity index (χ0n) is 12.0. The predicted molar refractivity (Wildman–Crippen MR) is 88.1 cm³/mol. The molecule has 0 radical (unpaired) electrons. The fraction of sp³-hybridized carbons (Fsp3) is 0.429. The first-order chi connectivity index (χ1) is 9.08. The van der Waals surface area contributed by atoms with E-state index in [0.29, 0.717) is 6.54 Å². The number of amides is 1. The van der Waals surface area contributed by atoms with Gasteiger partial charge in [-0.3, -0.25) is 9.69 Å². The minimum absolute atomic E-state index is 0. The minimum atomic E-state index is 0. The SMILES string of the molecule is CC(=O)N(CCCN(C)C)c1nc2ccccc2s1.Cl. The van der Waals surface area contributed by atoms with Gasteiger partial charge in [-0.05, 0) is 39.2 Å². The second kappa shape index (κ2) is 7.57. The second-order valence-electron chi connectivity index (χ2n) is 4.79. The van der Waals surface area contributed by atoms with E-state index in [2.05, 4.69) is 9.88 Å². The summed E-state index contributed by atoms with van der Waals surface area (Å²) in [5.74, 6) is 0.0535. The number of hydrogen-bond donors (Lipinski definition) is 0. The Kier molecular flexibility index (Phi) is 6.39. The summed E-state index contributed by atoms with van der Waals surface area (Å²) in [6.07, 6.45) is 0.947. The number of halogens is 1. The Labute approximate surface area is 129 Å². The first kappa shape index (κ1) is 16.9. The van der Waals surface area contributed by atoms with Crippen molar-refractivity contribution in [2.75, 3.05) is 32.1 Å². The van der Waals surface area contributed by atoms with Gasteiger partial charge in [-0.2, -0.15) is 0 Å². The molecule has 0 saturated carbocycles. The highest BCUT2D eigenvalue weighted by atomic mass is 35.5. The third-order valence-corrected chi connectivity index (χ3v) is 3.94. The maximum atomic E-state index is 11.8. The highest BCUT2D eigenvalue weighted by molar-refractivity contribution is 7.22. The summed E-state index contributed by atoms with van der Waals surface area (Å²) < 4.78 is 1.12. The van der Waals surface area contributed by atoms with E-state index < -0.39 is 0 Å². The number of para-hydroxylation sites is 1. The molecule has 0 aliphatic carbocycles. The number of rotatable bonds is 5. The normalized spacial score (nSPS) is 10.6. The fourth-order valence-electron chi connectivity index (χ4n) is 1.91. The molecule has 0 bridgehead atoms. The summed E-state index contributed by atoms with van der Waals surface area (Å²) >= 11 is 1.57. The van der Waals surface area contributed by atoms with Gasteiger partial charge in [0.1, 0.15) is 0 Å². The summed E-state index contributed by atoms with van der Waals surface area (Å²) in [5.41, 5.74) is 0.960. The van der Waals surface area contributed by atoms with E-state index in [9.17, 15) is 4.79 Å². The molecule has 2 rings (SSSR count). The van der Waals surface area contributed by atoms with Crippen molar-refractivity contribution >= 4 is 45.0 Å². The van der Waals surface area contributed by atoms with Crippen LogP contribution >= 0.6 is 23.7 Å². The van der Waals surface area contributed by atoms with Crippen molar-refractivity contribution in [2.24, 2.45) is 0 Å². The van der Waals surface area contributed by atoms with Gasteiger partial charge in [-0.25, -0.2) is 4.98 Å². The molecule has 20 heavy (non-hydrogen) atoms. The average Bonchev–Trinajstić information content (AvgIpc) is 2.76. The molecule has 0 unspecified atom stereocenters. The molecule has 0 atom stereocenters. The van der Waals surface area contributed by atoms with Crippen LogP contribution in [-0.2, 0) is 4.79 Å². The molecular weight excluding hydrogens is 294 g/mol. The van der Waals surface area contributed by atoms with E-state index in [4.69, 9.17) is 0 Å². The topological polar surface area (TPSA) is 36.4 Å². The van der Waals surface area contributed by atoms with Crippen molar-refractivity contribution < 1.29 is 4.79 Å². The van der Waals surface area contributed by atoms with Gasteiger partial charge < -0.3 is 4.90 Å². The number of aromatic nitrogens is 1. The van der Waals surface area contributed by atoms with Crippen molar-refractivity contribution in [3.63, 3.8) is 0 Å². The summed E-state index contributed by atoms with van der Waals surface area (Å²) in [7, 11) is 4.07. The molecule has 4 nitrogen and oxygen atoms in total. The molecule has 0 aliphatic rings. The van der Waals surface area contributed by atoms with Crippen LogP contribution in [0.2, 0.25) is 0 Å². The molecule has 0 N–H and O–H groups in total. The van der Waals surface area contributed by atoms with Crippen LogP contribution in [-0.4, -0.2) is 43.0 Å². The molecular formula is C14H20ClN3OS. The second-order valence-corrected chi connectivity index (χ2v) is 5.80. The molecule has 1 heterocycles. The standard InChI is InChI=1S/C14H19N3OS.ClH/c1-11(18)17(10-6-9-16(2)3)14-15-12-7-4-5-8-13(12)19-14;/h4-5,7-8H,6,9-10H2,1-3H3;1H. The Morgan fingerprint density at radius 2 is 1.95 bits per heavy atom. The summed E-state index contributed by atoms with van der Waals surface area (Å²) in [4.78, 5) is 20.2. The van der Waals surface area contributed by atoms with Gasteiger partial charge in [0.25, 0.3) is 0 Å². The van der Waals surface area contributed by atoms with Gasteiger partial charge >= 0.3 is 0 Å². The molecule has 0 spiro atoms. The average molecular weight is 314 g/mol. The number of thiazole rings is 1. The van der Waals surface area contributed by atoms with Crippen molar-refractivity contribution in [1.29, 1.82) is 0 Å². The summed E-state index contributed by atoms with van der Waals surface area (Å²) in [5, 5.41) is 0.799. The van der Waals surface area contributed by atoms with E-state index >= 15 is 0 Å². The lowest BCUT2D eigenvalue weighted by Gasteiger charge is -2.19. The van der Waals surface area contributed by atoms with Crippen LogP contribution in [0.5, 0.6) is 0 Å². The number of fused-ring (bicyclic) bond motifs is 1. The lowest BCUT2D eigenvalue weighted by atomic mass is 10.3. The summed E-state index contributed by atoms with van der Waals surface area (Å²) in [6, 6.07) is 7.98. The van der Waals surface area contributed by atoms with E-state index in [0.717, 1.165) is 28.3 Å². The van der Waals surface area contributed by atoms with Crippen molar-refractivity contribution in [1.82, 2.24) is 9.88 Å². The quantitative estimate of drug-likeness (QED) is 0.851. The number of carbonyl (C=O) groups excluding carboxylic acids is 1. The van der Waals surface area contributed by atoms with Crippen molar-refractivity contribution in [2.45, 2.75) is 13.3 Å². The number of carbonyl (C=O) groups is 1. The highest BCUT2D eigenvalue weighted by Crippen LogP contribution is 2.28. The molecule has 110 valence electrons. The third kappa shape index (κ3) is 4.16. The van der Waals surface area contributed by atoms with Crippen LogP contribution in [0.25, 0.3) is 10.2 Å². The van der Waals surface area contributed by atoms with E-state index in [1.165, 1.54) is 0 Å². The molecule has 1 aromatic heterocycles. The maximum Gasteiger partial charge on any atom is 0.225 e. The maximum absolute atomic E-state index is 11.8. The minimum Gasteiger partial charge on any atom is -0.309 e. The van der Waals surface area contributed by atoms with E-state index in [1.54, 1.807) is 23.2 Å². The van der Waals surface area contributed by atoms with E-state index in [-0.39, 0.29) is 18.3 Å². The van der Waals surface area contributed by atoms with Gasteiger partial charge in [0.05, 0.1) is 10.2 Å². The fourth-order valence-corrected chi connectivity index (χ4v) is 2.94. The van der Waals surface area contributed by atoms with Crippen LogP contribution in [0.15, 0.2) is 24.3 Å². The largest absolute Gasteiger partial charge is 0.309 e. The van der Waals surface area contributed by atoms with Crippen LogP contribution < -0.4 is 4.90 Å². The number of anilines is 1. The highest BCUT2D eigenvalue weighted by Gasteiger charge is 2.15. The molecule has 1 amide bonds. The molecule has 2 aromatic rings. The monoisotopic (exact) mass is 313 g/mol. The zero-order valence-corrected chi connectivity index (χ0v) is 13.6. The first-order valence-electron chi connectivity index (χ1n) is 6.36. The summed E-state index contributed by atoms with van der Waals surface area (Å²) in [6.45, 7) is 3.28. The van der Waals surface area contributed by atoms with Gasteiger partial charge in [0.15, 0.2) is 5.13 Å². The van der Waals surface area contributed by atoms with Gasteiger partial charge in [-0.15, -0.1) is 12.4 Å². The third-order valence-electron chi connectivity index (χ3n) is 2.88. The Balaban J connectivity index is 0.00000200. The molecule has 6 heteroatoms. The van der Waals surface area contributed by atoms with Crippen molar-refractivity contribution in [3.05, 3.63) is 24.3 Å². The van der Waals surface area contributed by atoms with Crippen LogP contribution in [0.4, 0.5) is 5.13 Å². The van der Waals surface area contributed by atoms with Crippen LogP contribution in [0.3, 0.4) is 0 Å². The lowest BCUT2D eigenvalue weighted by molar-refractivity contribution is -0.116. The smallest absolute Gasteiger partial charge is 0.225 e. The number of hydrogen-bond acceptors (Lipinski definition) is 4. The van der Waals surface area contributed by atoms with Gasteiger partial charge in [0, 0.05) is 13.5 Å². The number of benzene rings is 1. The van der Waals surface area contributed by atoms with Crippen LogP contribution in [0.1, 0.15) is 13.3 Å². The van der Waals surface area contributed by atoms with Crippen LogP contribution in [0, 0.1) is 0 Å². The van der Waals surface area contributed by atoms with E-state index in [1.807, 2.05) is 38.4 Å².